The van der Waals surface area contributed by atoms with Gasteiger partial charge in [0.1, 0.15) is 11.5 Å². The average molecular weight is 518 g/mol. The first-order valence-electron chi connectivity index (χ1n) is 13.8. The molecule has 0 aromatic heterocycles. The number of Topliss-reactive ketones (excluding diaryl/α,β-unsaturated/α-hetero) is 1. The van der Waals surface area contributed by atoms with Crippen molar-refractivity contribution in [3.05, 3.63) is 66.7 Å². The minimum absolute atomic E-state index is 0.0293. The van der Waals surface area contributed by atoms with Crippen molar-refractivity contribution in [2.75, 3.05) is 0 Å². The van der Waals surface area contributed by atoms with Crippen LogP contribution in [-0.2, 0) is 9.59 Å². The molecule has 1 aliphatic carbocycles. The van der Waals surface area contributed by atoms with Gasteiger partial charge in [-0.05, 0) is 67.7 Å². The minimum atomic E-state index is -2.56. The molecule has 1 aliphatic rings. The Labute approximate surface area is 226 Å². The molecule has 6 heteroatoms. The lowest BCUT2D eigenvalue weighted by molar-refractivity contribution is -0.202. The summed E-state index contributed by atoms with van der Waals surface area (Å²) in [4.78, 5) is 24.7. The average Bonchev–Trinajstić information content (AvgIpc) is 3.27. The van der Waals surface area contributed by atoms with Crippen LogP contribution in [0.25, 0.3) is 11.1 Å². The molecule has 2 aromatic carbocycles. The quantitative estimate of drug-likeness (QED) is 0.0916. The minimum Gasteiger partial charge on any atom is -0.423 e. The van der Waals surface area contributed by atoms with Crippen LogP contribution in [0.3, 0.4) is 0 Å². The highest BCUT2D eigenvalue weighted by molar-refractivity contribution is 5.83. The van der Waals surface area contributed by atoms with Crippen LogP contribution >= 0.6 is 0 Å². The van der Waals surface area contributed by atoms with Gasteiger partial charge in [-0.3, -0.25) is 4.79 Å². The van der Waals surface area contributed by atoms with Gasteiger partial charge in [0.15, 0.2) is 0 Å². The van der Waals surface area contributed by atoms with E-state index in [1.54, 1.807) is 12.1 Å². The number of unbranched alkanes of at least 4 members (excludes halogenated alkanes) is 6. The van der Waals surface area contributed by atoms with Crippen LogP contribution in [0.1, 0.15) is 77.0 Å². The molecule has 6 nitrogen and oxygen atoms in total. The molecule has 0 bridgehead atoms. The highest BCUT2D eigenvalue weighted by atomic mass is 16.6. The summed E-state index contributed by atoms with van der Waals surface area (Å²) < 4.78 is 5.21. The number of aliphatic hydroxyl groups is 2. The van der Waals surface area contributed by atoms with E-state index in [-0.39, 0.29) is 24.0 Å². The Morgan fingerprint density at radius 1 is 0.974 bits per heavy atom. The maximum atomic E-state index is 12.4. The van der Waals surface area contributed by atoms with Crippen molar-refractivity contribution >= 4 is 11.8 Å². The lowest BCUT2D eigenvalue weighted by Gasteiger charge is -2.20. The Bertz CT molecular complexity index is 1090. The summed E-state index contributed by atoms with van der Waals surface area (Å²) >= 11 is 0. The van der Waals surface area contributed by atoms with E-state index in [0.29, 0.717) is 31.5 Å². The first-order chi connectivity index (χ1) is 18.4. The van der Waals surface area contributed by atoms with Gasteiger partial charge in [0.25, 0.3) is 5.79 Å². The van der Waals surface area contributed by atoms with Crippen molar-refractivity contribution in [2.24, 2.45) is 11.8 Å². The van der Waals surface area contributed by atoms with Gasteiger partial charge in [0.05, 0.1) is 6.07 Å². The number of carbonyl (C=O) groups excluding carboxylic acids is 2. The topological polar surface area (TPSA) is 108 Å². The summed E-state index contributed by atoms with van der Waals surface area (Å²) in [6.07, 6.45) is 13.1. The van der Waals surface area contributed by atoms with Crippen LogP contribution in [0.4, 0.5) is 0 Å². The summed E-state index contributed by atoms with van der Waals surface area (Å²) in [6, 6.07) is 18.9. The largest absolute Gasteiger partial charge is 0.423 e. The number of nitrogens with zero attached hydrogens (tertiary/aromatic N) is 1. The number of esters is 1. The molecule has 202 valence electrons. The Morgan fingerprint density at radius 2 is 1.68 bits per heavy atom. The summed E-state index contributed by atoms with van der Waals surface area (Å²) in [6.45, 7) is 0. The van der Waals surface area contributed by atoms with E-state index in [9.17, 15) is 19.8 Å². The first kappa shape index (κ1) is 29.3. The maximum Gasteiger partial charge on any atom is 0.371 e. The van der Waals surface area contributed by atoms with Crippen LogP contribution in [-0.4, -0.2) is 27.8 Å². The van der Waals surface area contributed by atoms with Crippen LogP contribution in [0.2, 0.25) is 0 Å². The van der Waals surface area contributed by atoms with Crippen molar-refractivity contribution in [1.82, 2.24) is 0 Å². The second kappa shape index (κ2) is 15.2. The van der Waals surface area contributed by atoms with Crippen LogP contribution in [0.15, 0.2) is 66.7 Å². The Kier molecular flexibility index (Phi) is 11.7. The van der Waals surface area contributed by atoms with E-state index in [0.717, 1.165) is 56.1 Å². The SMILES string of the molecule is N#CCCCCC/C=C/[C@H]1CCC(=O)[C@@H]1CCCCCC(O)(O)C(=O)Oc1ccc(-c2ccccc2)cc1. The van der Waals surface area contributed by atoms with Gasteiger partial charge in [0, 0.05) is 25.2 Å². The molecule has 0 amide bonds. The van der Waals surface area contributed by atoms with Gasteiger partial charge < -0.3 is 14.9 Å². The predicted octanol–water partition coefficient (Wildman–Crippen LogP) is 6.52. The van der Waals surface area contributed by atoms with E-state index in [4.69, 9.17) is 10.00 Å². The van der Waals surface area contributed by atoms with E-state index >= 15 is 0 Å². The zero-order chi connectivity index (χ0) is 27.2. The van der Waals surface area contributed by atoms with Crippen LogP contribution in [0, 0.1) is 23.2 Å². The van der Waals surface area contributed by atoms with E-state index < -0.39 is 11.8 Å². The lowest BCUT2D eigenvalue weighted by atomic mass is 9.89. The number of benzene rings is 2. The number of rotatable bonds is 15. The highest BCUT2D eigenvalue weighted by Gasteiger charge is 2.35. The summed E-state index contributed by atoms with van der Waals surface area (Å²) in [5, 5.41) is 29.1. The zero-order valence-electron chi connectivity index (χ0n) is 22.1. The predicted molar refractivity (Wildman–Crippen MR) is 147 cm³/mol. The molecular weight excluding hydrogens is 478 g/mol. The van der Waals surface area contributed by atoms with E-state index in [1.807, 2.05) is 42.5 Å². The van der Waals surface area contributed by atoms with Crippen LogP contribution < -0.4 is 4.74 Å². The Morgan fingerprint density at radius 3 is 2.42 bits per heavy atom. The molecule has 0 spiro atoms. The number of ether oxygens (including phenoxy) is 1. The standard InChI is InChI=1S/C32H39NO5/c33-24-12-4-2-1-3-7-15-27-19-22-30(34)29(27)16-10-6-11-23-32(36,37)31(35)38-28-20-17-26(18-21-28)25-13-8-5-9-14-25/h5,7-9,13-15,17-18,20-21,27,29,36-37H,1-4,6,10-12,16,19,22-23H2/b15-7+/t27-,29+/m0/s1. The molecule has 2 aromatic rings. The van der Waals surface area contributed by atoms with Gasteiger partial charge in [-0.2, -0.15) is 5.26 Å². The summed E-state index contributed by atoms with van der Waals surface area (Å²) in [7, 11) is 0. The van der Waals surface area contributed by atoms with Crippen LogP contribution in [0.5, 0.6) is 5.75 Å². The van der Waals surface area contributed by atoms with Crippen molar-refractivity contribution in [3.8, 4) is 22.9 Å². The third-order valence-electron chi connectivity index (χ3n) is 7.24. The fourth-order valence-corrected chi connectivity index (χ4v) is 5.00. The van der Waals surface area contributed by atoms with Gasteiger partial charge in [-0.1, -0.05) is 73.9 Å². The number of nitriles is 1. The molecule has 2 atom stereocenters. The molecule has 0 saturated heterocycles. The second-order valence-electron chi connectivity index (χ2n) is 10.2. The Hall–Kier alpha value is -3.27. The maximum absolute atomic E-state index is 12.4. The van der Waals surface area contributed by atoms with E-state index in [1.165, 1.54) is 0 Å². The summed E-state index contributed by atoms with van der Waals surface area (Å²) in [5.41, 5.74) is 2.00. The van der Waals surface area contributed by atoms with Gasteiger partial charge in [-0.15, -0.1) is 0 Å². The molecule has 0 radical (unpaired) electrons. The van der Waals surface area contributed by atoms with Gasteiger partial charge in [-0.25, -0.2) is 4.79 Å². The molecule has 2 N–H and O–H groups in total. The fraction of sp³-hybridized carbons (Fsp3) is 0.469. The van der Waals surface area contributed by atoms with Crippen molar-refractivity contribution in [1.29, 1.82) is 5.26 Å². The number of hydrogen-bond acceptors (Lipinski definition) is 6. The number of carbonyl (C=O) groups is 2. The van der Waals surface area contributed by atoms with Gasteiger partial charge in [0.2, 0.25) is 0 Å². The summed E-state index contributed by atoms with van der Waals surface area (Å²) in [5.74, 6) is -2.77. The lowest BCUT2D eigenvalue weighted by Crippen LogP contribution is -2.41. The third kappa shape index (κ3) is 9.24. The molecule has 0 heterocycles. The normalized spacial score (nSPS) is 17.6. The number of hydrogen-bond donors (Lipinski definition) is 2. The molecular formula is C32H39NO5. The third-order valence-corrected chi connectivity index (χ3v) is 7.24. The number of ketones is 1. The zero-order valence-corrected chi connectivity index (χ0v) is 22.1. The van der Waals surface area contributed by atoms with Crippen molar-refractivity contribution in [3.63, 3.8) is 0 Å². The van der Waals surface area contributed by atoms with Crippen molar-refractivity contribution < 1.29 is 24.5 Å². The second-order valence-corrected chi connectivity index (χ2v) is 10.2. The molecule has 38 heavy (non-hydrogen) atoms. The molecule has 1 saturated carbocycles. The molecule has 0 aliphatic heterocycles. The molecule has 1 fully saturated rings. The number of allylic oxidation sites excluding steroid dienone is 2. The van der Waals surface area contributed by atoms with Gasteiger partial charge >= 0.3 is 5.97 Å². The smallest absolute Gasteiger partial charge is 0.371 e. The Balaban J connectivity index is 1.36. The fourth-order valence-electron chi connectivity index (χ4n) is 5.00. The van der Waals surface area contributed by atoms with E-state index in [2.05, 4.69) is 18.2 Å². The molecule has 3 rings (SSSR count). The van der Waals surface area contributed by atoms with Crippen molar-refractivity contribution in [2.45, 2.75) is 82.8 Å². The monoisotopic (exact) mass is 517 g/mol. The molecule has 0 unspecified atom stereocenters. The highest BCUT2D eigenvalue weighted by Crippen LogP contribution is 2.34. The first-order valence-corrected chi connectivity index (χ1v) is 13.8.